The summed E-state index contributed by atoms with van der Waals surface area (Å²) < 4.78 is 11.5. The summed E-state index contributed by atoms with van der Waals surface area (Å²) in [7, 11) is 0. The maximum atomic E-state index is 10.9. The summed E-state index contributed by atoms with van der Waals surface area (Å²) >= 11 is 12.5. The van der Waals surface area contributed by atoms with Gasteiger partial charge in [-0.25, -0.2) is 4.98 Å². The van der Waals surface area contributed by atoms with Gasteiger partial charge in [-0.2, -0.15) is 0 Å². The fourth-order valence-corrected chi connectivity index (χ4v) is 3.46. The van der Waals surface area contributed by atoms with Crippen LogP contribution in [0.2, 0.25) is 10.0 Å². The molecule has 0 radical (unpaired) electrons. The maximum absolute atomic E-state index is 10.9. The van der Waals surface area contributed by atoms with E-state index in [1.165, 1.54) is 0 Å². The van der Waals surface area contributed by atoms with Gasteiger partial charge in [0.2, 0.25) is 5.89 Å². The van der Waals surface area contributed by atoms with Gasteiger partial charge in [0, 0.05) is 12.0 Å². The molecule has 1 atom stereocenters. The molecule has 0 saturated carbocycles. The number of carboxylic acids is 1. The normalized spacial score (nSPS) is 12.0. The number of aromatic nitrogens is 1. The molecule has 0 spiro atoms. The third kappa shape index (κ3) is 5.29. The molecule has 152 valence electrons. The Hall–Kier alpha value is -2.54. The molecule has 0 aliphatic carbocycles. The standard InChI is InChI=1S/C21H20Cl2N2O4/c1-12-18(25-20(29-12)14-5-3-2-4-6-14)7-8-28-19-15(22)9-13(10-16(19)23)11-17(24)21(26)27/h2-6,9-10,17H,7-8,11,24H2,1H3,(H,26,27). The number of nitrogens with zero attached hydrogens (tertiary/aromatic N) is 1. The van der Waals surface area contributed by atoms with Gasteiger partial charge in [-0.1, -0.05) is 41.4 Å². The Morgan fingerprint density at radius 3 is 2.52 bits per heavy atom. The number of carbonyl (C=O) groups is 1. The first-order chi connectivity index (χ1) is 13.8. The number of nitrogens with two attached hydrogens (primary N) is 1. The highest BCUT2D eigenvalue weighted by Crippen LogP contribution is 2.34. The number of hydrogen-bond donors (Lipinski definition) is 2. The highest BCUT2D eigenvalue weighted by Gasteiger charge is 2.17. The summed E-state index contributed by atoms with van der Waals surface area (Å²) in [6.45, 7) is 2.16. The predicted octanol–water partition coefficient (Wildman–Crippen LogP) is 4.53. The molecule has 0 saturated heterocycles. The molecule has 0 fully saturated rings. The van der Waals surface area contributed by atoms with Gasteiger partial charge < -0.3 is 20.0 Å². The number of benzene rings is 2. The van der Waals surface area contributed by atoms with Crippen LogP contribution in [-0.2, 0) is 17.6 Å². The first-order valence-electron chi connectivity index (χ1n) is 8.96. The van der Waals surface area contributed by atoms with E-state index in [-0.39, 0.29) is 6.42 Å². The van der Waals surface area contributed by atoms with Gasteiger partial charge in [-0.05, 0) is 43.2 Å². The molecular formula is C21H20Cl2N2O4. The Bertz CT molecular complexity index is 982. The Morgan fingerprint density at radius 1 is 1.24 bits per heavy atom. The third-order valence-electron chi connectivity index (χ3n) is 4.33. The van der Waals surface area contributed by atoms with Gasteiger partial charge >= 0.3 is 5.97 Å². The van der Waals surface area contributed by atoms with E-state index in [9.17, 15) is 4.79 Å². The van der Waals surface area contributed by atoms with Gasteiger partial charge in [-0.3, -0.25) is 4.79 Å². The van der Waals surface area contributed by atoms with Crippen molar-refractivity contribution in [3.63, 3.8) is 0 Å². The first-order valence-corrected chi connectivity index (χ1v) is 9.71. The minimum absolute atomic E-state index is 0.120. The van der Waals surface area contributed by atoms with Gasteiger partial charge in [0.05, 0.1) is 22.3 Å². The fourth-order valence-electron chi connectivity index (χ4n) is 2.82. The smallest absolute Gasteiger partial charge is 0.320 e. The lowest BCUT2D eigenvalue weighted by molar-refractivity contribution is -0.138. The quantitative estimate of drug-likeness (QED) is 0.540. The van der Waals surface area contributed by atoms with Crippen LogP contribution in [0.4, 0.5) is 0 Å². The summed E-state index contributed by atoms with van der Waals surface area (Å²) in [6, 6.07) is 11.8. The fraction of sp³-hybridized carbons (Fsp3) is 0.238. The molecule has 3 rings (SSSR count). The molecule has 6 nitrogen and oxygen atoms in total. The van der Waals surface area contributed by atoms with Crippen molar-refractivity contribution in [3.8, 4) is 17.2 Å². The number of ether oxygens (including phenoxy) is 1. The Kier molecular flexibility index (Phi) is 6.79. The van der Waals surface area contributed by atoms with Crippen LogP contribution in [0.1, 0.15) is 17.0 Å². The summed E-state index contributed by atoms with van der Waals surface area (Å²) in [5, 5.41) is 9.52. The number of oxazole rings is 1. The molecule has 1 aromatic heterocycles. The number of aliphatic carboxylic acids is 1. The third-order valence-corrected chi connectivity index (χ3v) is 4.89. The molecule has 0 amide bonds. The Balaban J connectivity index is 1.65. The Morgan fingerprint density at radius 2 is 1.90 bits per heavy atom. The van der Waals surface area contributed by atoms with Crippen LogP contribution in [0.15, 0.2) is 46.9 Å². The summed E-state index contributed by atoms with van der Waals surface area (Å²) in [4.78, 5) is 15.4. The van der Waals surface area contributed by atoms with E-state index in [0.717, 1.165) is 17.0 Å². The highest BCUT2D eigenvalue weighted by molar-refractivity contribution is 6.37. The minimum Gasteiger partial charge on any atom is -0.490 e. The highest BCUT2D eigenvalue weighted by atomic mass is 35.5. The van der Waals surface area contributed by atoms with Crippen LogP contribution in [0, 0.1) is 6.92 Å². The molecule has 3 N–H and O–H groups in total. The van der Waals surface area contributed by atoms with Crippen LogP contribution in [0.5, 0.6) is 5.75 Å². The van der Waals surface area contributed by atoms with Crippen LogP contribution in [0.3, 0.4) is 0 Å². The summed E-state index contributed by atoms with van der Waals surface area (Å²) in [5.41, 5.74) is 7.88. The first kappa shape index (κ1) is 21.2. The van der Waals surface area contributed by atoms with Gasteiger partial charge in [-0.15, -0.1) is 0 Å². The average molecular weight is 435 g/mol. The van der Waals surface area contributed by atoms with Crippen LogP contribution in [-0.4, -0.2) is 28.7 Å². The van der Waals surface area contributed by atoms with Gasteiger partial charge in [0.1, 0.15) is 11.8 Å². The van der Waals surface area contributed by atoms with Crippen molar-refractivity contribution in [2.75, 3.05) is 6.61 Å². The molecule has 8 heteroatoms. The van der Waals surface area contributed by atoms with Crippen molar-refractivity contribution in [1.29, 1.82) is 0 Å². The lowest BCUT2D eigenvalue weighted by Crippen LogP contribution is -2.32. The molecule has 0 aliphatic heterocycles. The largest absolute Gasteiger partial charge is 0.490 e. The van der Waals surface area contributed by atoms with Crippen molar-refractivity contribution < 1.29 is 19.1 Å². The van der Waals surface area contributed by atoms with Crippen molar-refractivity contribution >= 4 is 29.2 Å². The molecular weight excluding hydrogens is 415 g/mol. The van der Waals surface area contributed by atoms with E-state index >= 15 is 0 Å². The maximum Gasteiger partial charge on any atom is 0.320 e. The average Bonchev–Trinajstić information content (AvgIpc) is 3.05. The number of rotatable bonds is 8. The van der Waals surface area contributed by atoms with E-state index in [0.29, 0.717) is 40.3 Å². The van der Waals surface area contributed by atoms with Crippen LogP contribution >= 0.6 is 23.2 Å². The topological polar surface area (TPSA) is 98.6 Å². The van der Waals surface area contributed by atoms with Gasteiger partial charge in [0.25, 0.3) is 0 Å². The van der Waals surface area contributed by atoms with Crippen molar-refractivity contribution in [2.24, 2.45) is 5.73 Å². The lowest BCUT2D eigenvalue weighted by atomic mass is 10.1. The van der Waals surface area contributed by atoms with Crippen molar-refractivity contribution in [1.82, 2.24) is 4.98 Å². The Labute approximate surface area is 178 Å². The summed E-state index contributed by atoms with van der Waals surface area (Å²) in [6.07, 6.45) is 0.635. The molecule has 2 aromatic carbocycles. The van der Waals surface area contributed by atoms with Crippen LogP contribution < -0.4 is 10.5 Å². The monoisotopic (exact) mass is 434 g/mol. The second-order valence-electron chi connectivity index (χ2n) is 6.52. The van der Waals surface area contributed by atoms with E-state index in [1.54, 1.807) is 12.1 Å². The van der Waals surface area contributed by atoms with Crippen LogP contribution in [0.25, 0.3) is 11.5 Å². The molecule has 29 heavy (non-hydrogen) atoms. The van der Waals surface area contributed by atoms with Crippen molar-refractivity contribution in [2.45, 2.75) is 25.8 Å². The zero-order valence-corrected chi connectivity index (χ0v) is 17.2. The molecule has 0 bridgehead atoms. The molecule has 0 aliphatic rings. The van der Waals surface area contributed by atoms with E-state index in [2.05, 4.69) is 4.98 Å². The zero-order valence-electron chi connectivity index (χ0n) is 15.7. The van der Waals surface area contributed by atoms with Crippen molar-refractivity contribution in [3.05, 3.63) is 69.5 Å². The van der Waals surface area contributed by atoms with E-state index in [4.69, 9.17) is 43.2 Å². The number of halogens is 2. The lowest BCUT2D eigenvalue weighted by Gasteiger charge is -2.13. The van der Waals surface area contributed by atoms with Gasteiger partial charge in [0.15, 0.2) is 5.75 Å². The number of carboxylic acid groups (broad SMARTS) is 1. The SMILES string of the molecule is Cc1oc(-c2ccccc2)nc1CCOc1c(Cl)cc(CC(N)C(=O)O)cc1Cl. The zero-order chi connectivity index (χ0) is 21.0. The molecule has 1 heterocycles. The van der Waals surface area contributed by atoms with E-state index in [1.807, 2.05) is 37.3 Å². The summed E-state index contributed by atoms with van der Waals surface area (Å²) in [5.74, 6) is 0.539. The minimum atomic E-state index is -1.09. The molecule has 1 unspecified atom stereocenters. The molecule has 3 aromatic rings. The second-order valence-corrected chi connectivity index (χ2v) is 7.34. The predicted molar refractivity (Wildman–Crippen MR) is 112 cm³/mol. The number of hydrogen-bond acceptors (Lipinski definition) is 5. The number of aryl methyl sites for hydroxylation is 1. The second kappa shape index (κ2) is 9.31. The van der Waals surface area contributed by atoms with E-state index < -0.39 is 12.0 Å².